The Kier molecular flexibility index (Phi) is 10.3. The van der Waals surface area contributed by atoms with Gasteiger partial charge in [0.05, 0.1) is 24.8 Å². The number of anilines is 1. The topological polar surface area (TPSA) is 105 Å². The summed E-state index contributed by atoms with van der Waals surface area (Å²) in [6.07, 6.45) is 0.349. The van der Waals surface area contributed by atoms with E-state index >= 15 is 0 Å². The molecular formula is C29H35N3O6S. The van der Waals surface area contributed by atoms with Gasteiger partial charge in [-0.1, -0.05) is 37.3 Å². The lowest BCUT2D eigenvalue weighted by Gasteiger charge is -2.33. The van der Waals surface area contributed by atoms with Crippen molar-refractivity contribution in [3.63, 3.8) is 0 Å². The highest BCUT2D eigenvalue weighted by Gasteiger charge is 2.33. The zero-order valence-corrected chi connectivity index (χ0v) is 23.5. The number of hydrogen-bond acceptors (Lipinski definition) is 6. The van der Waals surface area contributed by atoms with Gasteiger partial charge >= 0.3 is 0 Å². The summed E-state index contributed by atoms with van der Waals surface area (Å²) in [4.78, 5) is 28.4. The van der Waals surface area contributed by atoms with Gasteiger partial charge in [-0.3, -0.25) is 13.9 Å². The summed E-state index contributed by atoms with van der Waals surface area (Å²) < 4.78 is 39.1. The predicted octanol–water partition coefficient (Wildman–Crippen LogP) is 3.84. The van der Waals surface area contributed by atoms with Crippen molar-refractivity contribution >= 4 is 27.5 Å². The van der Waals surface area contributed by atoms with Crippen LogP contribution in [0.2, 0.25) is 0 Å². The van der Waals surface area contributed by atoms with E-state index in [-0.39, 0.29) is 17.3 Å². The predicted molar refractivity (Wildman–Crippen MR) is 150 cm³/mol. The van der Waals surface area contributed by atoms with E-state index in [2.05, 4.69) is 5.32 Å². The van der Waals surface area contributed by atoms with Gasteiger partial charge in [0, 0.05) is 13.1 Å². The maximum Gasteiger partial charge on any atom is 0.264 e. The van der Waals surface area contributed by atoms with E-state index in [0.717, 1.165) is 9.87 Å². The number of hydrogen-bond donors (Lipinski definition) is 1. The number of nitrogens with one attached hydrogen (secondary N) is 1. The second-order valence-corrected chi connectivity index (χ2v) is 10.6. The summed E-state index contributed by atoms with van der Waals surface area (Å²) >= 11 is 0. The lowest BCUT2D eigenvalue weighted by Crippen LogP contribution is -2.52. The number of methoxy groups -OCH3 is 2. The van der Waals surface area contributed by atoms with Gasteiger partial charge in [-0.2, -0.15) is 0 Å². The molecule has 208 valence electrons. The van der Waals surface area contributed by atoms with Crippen LogP contribution in [-0.4, -0.2) is 58.5 Å². The second kappa shape index (κ2) is 13.7. The highest BCUT2D eigenvalue weighted by atomic mass is 32.2. The molecule has 39 heavy (non-hydrogen) atoms. The van der Waals surface area contributed by atoms with E-state index in [1.807, 2.05) is 19.1 Å². The number of sulfonamides is 1. The molecular weight excluding hydrogens is 518 g/mol. The normalized spacial score (nSPS) is 11.8. The van der Waals surface area contributed by atoms with Crippen LogP contribution in [0, 0.1) is 0 Å². The van der Waals surface area contributed by atoms with Gasteiger partial charge in [-0.05, 0) is 67.4 Å². The monoisotopic (exact) mass is 553 g/mol. The number of amides is 2. The van der Waals surface area contributed by atoms with Crippen molar-refractivity contribution in [2.24, 2.45) is 0 Å². The van der Waals surface area contributed by atoms with E-state index < -0.39 is 28.5 Å². The van der Waals surface area contributed by atoms with Crippen LogP contribution in [0.25, 0.3) is 0 Å². The minimum absolute atomic E-state index is 0.0473. The molecule has 0 saturated heterocycles. The number of carbonyl (C=O) groups excluding carboxylic acids is 2. The van der Waals surface area contributed by atoms with Gasteiger partial charge in [0.1, 0.15) is 24.1 Å². The van der Waals surface area contributed by atoms with Crippen LogP contribution in [0.15, 0.2) is 83.8 Å². The molecule has 9 nitrogen and oxygen atoms in total. The molecule has 1 N–H and O–H groups in total. The fourth-order valence-corrected chi connectivity index (χ4v) is 5.57. The smallest absolute Gasteiger partial charge is 0.264 e. The Morgan fingerprint density at radius 3 is 1.92 bits per heavy atom. The third-order valence-corrected chi connectivity index (χ3v) is 8.01. The zero-order chi connectivity index (χ0) is 28.4. The summed E-state index contributed by atoms with van der Waals surface area (Å²) in [5.74, 6) is 0.389. The third-order valence-electron chi connectivity index (χ3n) is 6.22. The van der Waals surface area contributed by atoms with Crippen LogP contribution in [0.5, 0.6) is 11.5 Å². The minimum Gasteiger partial charge on any atom is -0.497 e. The number of likely N-dealkylation sites (N-methyl/N-ethyl adjacent to an activating group) is 1. The Bertz CT molecular complexity index is 1330. The van der Waals surface area contributed by atoms with E-state index in [4.69, 9.17) is 9.47 Å². The van der Waals surface area contributed by atoms with Gasteiger partial charge in [0.15, 0.2) is 0 Å². The Morgan fingerprint density at radius 2 is 1.41 bits per heavy atom. The molecule has 2 amide bonds. The van der Waals surface area contributed by atoms with Crippen molar-refractivity contribution in [2.45, 2.75) is 37.8 Å². The average molecular weight is 554 g/mol. The van der Waals surface area contributed by atoms with E-state index in [1.54, 1.807) is 68.6 Å². The molecule has 0 aromatic heterocycles. The summed E-state index contributed by atoms with van der Waals surface area (Å²) in [6.45, 7) is 3.63. The number of carbonyl (C=O) groups is 2. The molecule has 0 unspecified atom stereocenters. The largest absolute Gasteiger partial charge is 0.497 e. The number of ether oxygens (including phenoxy) is 2. The molecule has 3 rings (SSSR count). The summed E-state index contributed by atoms with van der Waals surface area (Å²) in [5.41, 5.74) is 1.07. The first kappa shape index (κ1) is 29.5. The van der Waals surface area contributed by atoms with Crippen molar-refractivity contribution in [3.8, 4) is 11.5 Å². The summed E-state index contributed by atoms with van der Waals surface area (Å²) in [5, 5.41) is 2.79. The van der Waals surface area contributed by atoms with Gasteiger partial charge in [-0.15, -0.1) is 0 Å². The first-order chi connectivity index (χ1) is 18.7. The zero-order valence-electron chi connectivity index (χ0n) is 22.7. The second-order valence-electron chi connectivity index (χ2n) is 8.71. The molecule has 0 bridgehead atoms. The molecule has 0 aliphatic rings. The Hall–Kier alpha value is -4.05. The van der Waals surface area contributed by atoms with E-state index in [9.17, 15) is 18.0 Å². The van der Waals surface area contributed by atoms with Crippen molar-refractivity contribution in [2.75, 3.05) is 31.6 Å². The van der Waals surface area contributed by atoms with Gasteiger partial charge in [-0.25, -0.2) is 8.42 Å². The number of rotatable bonds is 13. The van der Waals surface area contributed by atoms with Crippen molar-refractivity contribution in [3.05, 3.63) is 84.4 Å². The maximum absolute atomic E-state index is 14.0. The van der Waals surface area contributed by atoms with Gasteiger partial charge in [0.2, 0.25) is 11.8 Å². The Labute approximate surface area is 230 Å². The van der Waals surface area contributed by atoms with Gasteiger partial charge in [0.25, 0.3) is 10.0 Å². The maximum atomic E-state index is 14.0. The molecule has 0 aliphatic carbocycles. The van der Waals surface area contributed by atoms with Crippen molar-refractivity contribution < 1.29 is 27.5 Å². The fourth-order valence-electron chi connectivity index (χ4n) is 4.14. The molecule has 0 aliphatic heterocycles. The Morgan fingerprint density at radius 1 is 0.846 bits per heavy atom. The van der Waals surface area contributed by atoms with Gasteiger partial charge < -0.3 is 19.7 Å². The standard InChI is InChI=1S/C29H35N3O6S/c1-5-27(29(34)30-6-2)31(20-22-12-16-24(37-3)17-13-22)28(33)21-32(23-14-18-25(38-4)19-15-23)39(35,36)26-10-8-7-9-11-26/h7-19,27H,5-6,20-21H2,1-4H3,(H,30,34)/t27-/m1/s1. The van der Waals surface area contributed by atoms with E-state index in [1.165, 1.54) is 24.1 Å². The number of nitrogens with zero attached hydrogens (tertiary/aromatic N) is 2. The highest BCUT2D eigenvalue weighted by molar-refractivity contribution is 7.92. The van der Waals surface area contributed by atoms with Crippen LogP contribution in [-0.2, 0) is 26.2 Å². The number of benzene rings is 3. The Balaban J connectivity index is 2.04. The first-order valence-electron chi connectivity index (χ1n) is 12.7. The summed E-state index contributed by atoms with van der Waals surface area (Å²) in [6, 6.07) is 20.7. The average Bonchev–Trinajstić information content (AvgIpc) is 2.96. The molecule has 0 spiro atoms. The third kappa shape index (κ3) is 7.29. The SMILES string of the molecule is CCNC(=O)[C@@H](CC)N(Cc1ccc(OC)cc1)C(=O)CN(c1ccc(OC)cc1)S(=O)(=O)c1ccccc1. The lowest BCUT2D eigenvalue weighted by molar-refractivity contribution is -0.140. The molecule has 1 atom stereocenters. The molecule has 0 fully saturated rings. The molecule has 0 heterocycles. The quantitative estimate of drug-likeness (QED) is 0.345. The summed E-state index contributed by atoms with van der Waals surface area (Å²) in [7, 11) is -1.04. The van der Waals surface area contributed by atoms with Crippen LogP contribution >= 0.6 is 0 Å². The molecule has 3 aromatic carbocycles. The van der Waals surface area contributed by atoms with Crippen LogP contribution in [0.4, 0.5) is 5.69 Å². The molecule has 0 saturated carbocycles. The fraction of sp³-hybridized carbons (Fsp3) is 0.310. The molecule has 3 aromatic rings. The molecule has 10 heteroatoms. The van der Waals surface area contributed by atoms with E-state index in [0.29, 0.717) is 30.2 Å². The first-order valence-corrected chi connectivity index (χ1v) is 14.1. The van der Waals surface area contributed by atoms with Crippen LogP contribution < -0.4 is 19.1 Å². The highest BCUT2D eigenvalue weighted by Crippen LogP contribution is 2.27. The van der Waals surface area contributed by atoms with Crippen LogP contribution in [0.1, 0.15) is 25.8 Å². The van der Waals surface area contributed by atoms with Crippen molar-refractivity contribution in [1.29, 1.82) is 0 Å². The minimum atomic E-state index is -4.12. The molecule has 0 radical (unpaired) electrons. The van der Waals surface area contributed by atoms with Crippen molar-refractivity contribution in [1.82, 2.24) is 10.2 Å². The lowest BCUT2D eigenvalue weighted by atomic mass is 10.1. The van der Waals surface area contributed by atoms with Crippen LogP contribution in [0.3, 0.4) is 0 Å².